The Morgan fingerprint density at radius 3 is 2.94 bits per heavy atom. The first kappa shape index (κ1) is 12.1. The second kappa shape index (κ2) is 4.89. The fourth-order valence-corrected chi connectivity index (χ4v) is 2.66. The first-order valence-corrected chi connectivity index (χ1v) is 6.28. The zero-order valence-electron chi connectivity index (χ0n) is 9.16. The van der Waals surface area contributed by atoms with Gasteiger partial charge in [-0.1, -0.05) is 11.6 Å². The molecule has 0 amide bonds. The number of nitrogens with zero attached hydrogens (tertiary/aromatic N) is 1. The highest BCUT2D eigenvalue weighted by Crippen LogP contribution is 2.32. The van der Waals surface area contributed by atoms with E-state index in [1.807, 2.05) is 19.1 Å². The number of aliphatic carboxylic acids is 1. The molecule has 2 heterocycles. The molecule has 0 saturated heterocycles. The lowest BCUT2D eigenvalue weighted by Crippen LogP contribution is -1.98. The van der Waals surface area contributed by atoms with E-state index in [0.717, 1.165) is 22.1 Å². The van der Waals surface area contributed by atoms with Gasteiger partial charge in [0.25, 0.3) is 0 Å². The third-order valence-corrected chi connectivity index (χ3v) is 3.53. The molecule has 90 valence electrons. The van der Waals surface area contributed by atoms with Gasteiger partial charge in [0.1, 0.15) is 11.5 Å². The van der Waals surface area contributed by atoms with Crippen LogP contribution in [-0.2, 0) is 11.2 Å². The zero-order chi connectivity index (χ0) is 12.4. The van der Waals surface area contributed by atoms with Gasteiger partial charge in [-0.2, -0.15) is 0 Å². The quantitative estimate of drug-likeness (QED) is 0.897. The van der Waals surface area contributed by atoms with Crippen LogP contribution in [-0.4, -0.2) is 21.0 Å². The number of aryl methyl sites for hydroxylation is 2. The molecule has 0 saturated carbocycles. The van der Waals surface area contributed by atoms with Crippen LogP contribution in [0, 0.1) is 6.92 Å². The van der Waals surface area contributed by atoms with Crippen molar-refractivity contribution in [2.75, 3.05) is 0 Å². The van der Waals surface area contributed by atoms with Crippen LogP contribution >= 0.6 is 22.9 Å². The molecule has 0 aliphatic heterocycles. The Balaban J connectivity index is 2.30. The summed E-state index contributed by atoms with van der Waals surface area (Å²) >= 11 is 7.32. The van der Waals surface area contributed by atoms with E-state index >= 15 is 0 Å². The topological polar surface area (TPSA) is 66.0 Å². The minimum atomic E-state index is -0.813. The second-order valence-corrected chi connectivity index (χ2v) is 5.36. The van der Waals surface area contributed by atoms with Gasteiger partial charge in [-0.3, -0.25) is 4.79 Å². The molecule has 4 nitrogen and oxygen atoms in total. The zero-order valence-corrected chi connectivity index (χ0v) is 10.7. The van der Waals surface area contributed by atoms with Gasteiger partial charge >= 0.3 is 5.97 Å². The van der Waals surface area contributed by atoms with E-state index in [4.69, 9.17) is 16.7 Å². The normalized spacial score (nSPS) is 10.7. The molecule has 0 spiro atoms. The van der Waals surface area contributed by atoms with E-state index in [-0.39, 0.29) is 6.42 Å². The van der Waals surface area contributed by atoms with Crippen molar-refractivity contribution in [1.29, 1.82) is 0 Å². The number of H-pyrrole nitrogens is 1. The molecule has 0 fully saturated rings. The van der Waals surface area contributed by atoms with Crippen LogP contribution in [0.1, 0.15) is 17.9 Å². The van der Waals surface area contributed by atoms with Crippen molar-refractivity contribution in [3.8, 4) is 10.6 Å². The molecule has 0 unspecified atom stereocenters. The van der Waals surface area contributed by atoms with Gasteiger partial charge in [-0.15, -0.1) is 11.3 Å². The average Bonchev–Trinajstić information content (AvgIpc) is 2.81. The Bertz CT molecular complexity index is 547. The number of halogens is 1. The minimum absolute atomic E-state index is 0.0910. The Labute approximate surface area is 107 Å². The molecule has 0 aliphatic carbocycles. The number of carboxylic acid groups (broad SMARTS) is 1. The lowest BCUT2D eigenvalue weighted by atomic mass is 10.2. The number of hydrogen-bond donors (Lipinski definition) is 2. The molecule has 2 rings (SSSR count). The first-order chi connectivity index (χ1) is 8.06. The van der Waals surface area contributed by atoms with Gasteiger partial charge in [0.05, 0.1) is 15.6 Å². The van der Waals surface area contributed by atoms with Crippen LogP contribution in [0.25, 0.3) is 10.6 Å². The summed E-state index contributed by atoms with van der Waals surface area (Å²) in [5.74, 6) is -0.0303. The van der Waals surface area contributed by atoms with Crippen molar-refractivity contribution >= 4 is 28.9 Å². The maximum absolute atomic E-state index is 10.6. The third-order valence-electron chi connectivity index (χ3n) is 2.29. The van der Waals surface area contributed by atoms with Crippen molar-refractivity contribution in [3.63, 3.8) is 0 Å². The summed E-state index contributed by atoms with van der Waals surface area (Å²) in [4.78, 5) is 19.0. The van der Waals surface area contributed by atoms with E-state index in [9.17, 15) is 4.79 Å². The first-order valence-electron chi connectivity index (χ1n) is 5.09. The summed E-state index contributed by atoms with van der Waals surface area (Å²) < 4.78 is 0.699. The van der Waals surface area contributed by atoms with E-state index in [1.54, 1.807) is 0 Å². The molecule has 2 N–H and O–H groups in total. The minimum Gasteiger partial charge on any atom is -0.481 e. The maximum atomic E-state index is 10.6. The largest absolute Gasteiger partial charge is 0.481 e. The third kappa shape index (κ3) is 2.87. The molecular weight excluding hydrogens is 260 g/mol. The Kier molecular flexibility index (Phi) is 3.49. The number of hydrogen-bond acceptors (Lipinski definition) is 3. The van der Waals surface area contributed by atoms with Gasteiger partial charge in [0.2, 0.25) is 0 Å². The highest BCUT2D eigenvalue weighted by molar-refractivity contribution is 7.19. The van der Waals surface area contributed by atoms with Gasteiger partial charge in [-0.25, -0.2) is 4.98 Å². The van der Waals surface area contributed by atoms with Crippen LogP contribution in [0.15, 0.2) is 12.1 Å². The standard InChI is InChI=1S/C11H11ClN2O2S/c1-6-13-7(2-5-10(15)16)11(14-6)8-3-4-9(12)17-8/h3-4H,2,5H2,1H3,(H,13,14)(H,15,16). The summed E-state index contributed by atoms with van der Waals surface area (Å²) in [6.07, 6.45) is 0.536. The molecule has 2 aromatic rings. The number of carbonyl (C=O) groups is 1. The lowest BCUT2D eigenvalue weighted by Gasteiger charge is -1.98. The molecular formula is C11H11ClN2O2S. The molecule has 0 radical (unpaired) electrons. The Morgan fingerprint density at radius 2 is 2.35 bits per heavy atom. The van der Waals surface area contributed by atoms with Crippen LogP contribution in [0.3, 0.4) is 0 Å². The van der Waals surface area contributed by atoms with Gasteiger partial charge in [0.15, 0.2) is 0 Å². The Morgan fingerprint density at radius 1 is 1.59 bits per heavy atom. The molecule has 0 aliphatic rings. The van der Waals surface area contributed by atoms with E-state index in [1.165, 1.54) is 11.3 Å². The van der Waals surface area contributed by atoms with E-state index in [0.29, 0.717) is 10.8 Å². The SMILES string of the molecule is Cc1nc(-c2ccc(Cl)s2)c(CCC(=O)O)[nH]1. The predicted octanol–water partition coefficient (Wildman–Crippen LogP) is 3.12. The van der Waals surface area contributed by atoms with Gasteiger partial charge in [0, 0.05) is 12.1 Å². The summed E-state index contributed by atoms with van der Waals surface area (Å²) in [5, 5.41) is 8.69. The fraction of sp³-hybridized carbons (Fsp3) is 0.273. The average molecular weight is 271 g/mol. The summed E-state index contributed by atoms with van der Waals surface area (Å²) in [5.41, 5.74) is 1.66. The van der Waals surface area contributed by atoms with Crippen molar-refractivity contribution in [2.45, 2.75) is 19.8 Å². The second-order valence-electron chi connectivity index (χ2n) is 3.65. The van der Waals surface area contributed by atoms with Crippen molar-refractivity contribution in [2.24, 2.45) is 0 Å². The highest BCUT2D eigenvalue weighted by Gasteiger charge is 2.13. The van der Waals surface area contributed by atoms with Gasteiger partial charge < -0.3 is 10.1 Å². The number of nitrogens with one attached hydrogen (secondary N) is 1. The molecule has 6 heteroatoms. The maximum Gasteiger partial charge on any atom is 0.303 e. The smallest absolute Gasteiger partial charge is 0.303 e. The highest BCUT2D eigenvalue weighted by atomic mass is 35.5. The lowest BCUT2D eigenvalue weighted by molar-refractivity contribution is -0.136. The van der Waals surface area contributed by atoms with E-state index in [2.05, 4.69) is 9.97 Å². The van der Waals surface area contributed by atoms with Crippen LogP contribution in [0.5, 0.6) is 0 Å². The Hall–Kier alpha value is -1.33. The van der Waals surface area contributed by atoms with Crippen molar-refractivity contribution < 1.29 is 9.90 Å². The number of aromatic nitrogens is 2. The van der Waals surface area contributed by atoms with Gasteiger partial charge in [-0.05, 0) is 19.1 Å². The summed E-state index contributed by atoms with van der Waals surface area (Å²) in [6.45, 7) is 1.85. The number of carboxylic acids is 1. The van der Waals surface area contributed by atoms with Crippen LogP contribution in [0.2, 0.25) is 4.34 Å². The van der Waals surface area contributed by atoms with Crippen LogP contribution in [0.4, 0.5) is 0 Å². The molecule has 0 bridgehead atoms. The number of rotatable bonds is 4. The van der Waals surface area contributed by atoms with Crippen LogP contribution < -0.4 is 0 Å². The molecule has 2 aromatic heterocycles. The number of aromatic amines is 1. The summed E-state index contributed by atoms with van der Waals surface area (Å²) in [6, 6.07) is 3.71. The fourth-order valence-electron chi connectivity index (χ4n) is 1.60. The molecule has 0 aromatic carbocycles. The van der Waals surface area contributed by atoms with Crippen molar-refractivity contribution in [3.05, 3.63) is 28.0 Å². The number of thiophene rings is 1. The van der Waals surface area contributed by atoms with Crippen molar-refractivity contribution in [1.82, 2.24) is 9.97 Å². The van der Waals surface area contributed by atoms with E-state index < -0.39 is 5.97 Å². The monoisotopic (exact) mass is 270 g/mol. The number of imidazole rings is 1. The molecule has 0 atom stereocenters. The molecule has 17 heavy (non-hydrogen) atoms. The predicted molar refractivity (Wildman–Crippen MR) is 67.6 cm³/mol. The summed E-state index contributed by atoms with van der Waals surface area (Å²) in [7, 11) is 0.